The van der Waals surface area contributed by atoms with Crippen molar-refractivity contribution in [2.75, 3.05) is 27.2 Å². The number of aryl methyl sites for hydroxylation is 1. The van der Waals surface area contributed by atoms with Gasteiger partial charge in [0.15, 0.2) is 11.5 Å². The van der Waals surface area contributed by atoms with Gasteiger partial charge < -0.3 is 19.4 Å². The molecule has 2 aromatic heterocycles. The van der Waals surface area contributed by atoms with Crippen LogP contribution in [0.4, 0.5) is 4.39 Å². The van der Waals surface area contributed by atoms with Crippen molar-refractivity contribution in [3.8, 4) is 17.2 Å². The van der Waals surface area contributed by atoms with E-state index in [1.165, 1.54) is 15.7 Å². The zero-order valence-corrected chi connectivity index (χ0v) is 18.4. The number of carbonyl (C=O) groups excluding carboxylic acids is 1. The van der Waals surface area contributed by atoms with E-state index in [1.807, 2.05) is 19.1 Å². The minimum absolute atomic E-state index is 0.0329. The number of carbonyl (C=O) groups is 1. The first-order valence-corrected chi connectivity index (χ1v) is 10.8. The molecule has 176 valence electrons. The molecule has 1 amide bonds. The molecule has 1 fully saturated rings. The van der Waals surface area contributed by atoms with E-state index in [9.17, 15) is 14.0 Å². The lowest BCUT2D eigenvalue weighted by Crippen LogP contribution is -2.39. The fourth-order valence-electron chi connectivity index (χ4n) is 4.50. The Balaban J connectivity index is 1.77. The second-order valence-electron chi connectivity index (χ2n) is 8.46. The molecular formula is C26H26FN3O4. The Bertz CT molecular complexity index is 1670. The molecule has 0 unspecified atom stereocenters. The number of aromatic amines is 1. The van der Waals surface area contributed by atoms with Gasteiger partial charge in [0, 0.05) is 35.9 Å². The number of nitrogens with zero attached hydrogens (tertiary/aromatic N) is 2. The van der Waals surface area contributed by atoms with Crippen molar-refractivity contribution in [3.05, 3.63) is 64.2 Å². The number of fused-ring (bicyclic) bond motifs is 2. The van der Waals surface area contributed by atoms with Crippen LogP contribution in [0.3, 0.4) is 0 Å². The minimum atomic E-state index is -2.99. The first-order chi connectivity index (χ1) is 18.7. The summed E-state index contributed by atoms with van der Waals surface area (Å²) in [5.41, 5.74) is 1.53. The van der Waals surface area contributed by atoms with Gasteiger partial charge in [-0.25, -0.2) is 4.39 Å². The molecule has 0 spiro atoms. The summed E-state index contributed by atoms with van der Waals surface area (Å²) in [5, 5.41) is 0.869. The van der Waals surface area contributed by atoms with E-state index in [0.29, 0.717) is 5.69 Å². The molecule has 1 aliphatic rings. The van der Waals surface area contributed by atoms with Crippen LogP contribution >= 0.6 is 0 Å². The molecule has 7 nitrogen and oxygen atoms in total. The first kappa shape index (κ1) is 15.9. The van der Waals surface area contributed by atoms with Crippen molar-refractivity contribution in [1.82, 2.24) is 14.5 Å². The molecule has 8 heteroatoms. The molecule has 0 aliphatic carbocycles. The highest BCUT2D eigenvalue weighted by Crippen LogP contribution is 2.33. The Kier molecular flexibility index (Phi) is 3.99. The number of methoxy groups -OCH3 is 2. The largest absolute Gasteiger partial charge is 0.493 e. The monoisotopic (exact) mass is 469 g/mol. The summed E-state index contributed by atoms with van der Waals surface area (Å²) >= 11 is 0. The number of pyridine rings is 1. The maximum atomic E-state index is 13.8. The number of piperidine rings is 1. The Morgan fingerprint density at radius 3 is 2.50 bits per heavy atom. The lowest BCUT2D eigenvalue weighted by molar-refractivity contribution is 0.0668. The van der Waals surface area contributed by atoms with Gasteiger partial charge >= 0.3 is 0 Å². The number of aromatic nitrogens is 2. The number of rotatable bonds is 4. The summed E-state index contributed by atoms with van der Waals surface area (Å²) in [5.74, 6) is -1.46. The van der Waals surface area contributed by atoms with Crippen LogP contribution < -0.4 is 15.0 Å². The number of hydrogen-bond donors (Lipinski definition) is 1. The van der Waals surface area contributed by atoms with Crippen LogP contribution in [0.25, 0.3) is 27.4 Å². The summed E-state index contributed by atoms with van der Waals surface area (Å²) in [4.78, 5) is 32.2. The predicted molar refractivity (Wildman–Crippen MR) is 129 cm³/mol. The first-order valence-electron chi connectivity index (χ1n) is 13.8. The van der Waals surface area contributed by atoms with Crippen LogP contribution in [-0.4, -0.2) is 53.7 Å². The standard InChI is InChI=1S/C26H26FN3O4/c1-15-10-16-4-5-18(11-22(16)28-15)30-14-21(25(31)29-8-6-17(27)7-9-29)19-12-23(33-2)24(34-3)13-20(19)26(30)32/h4-5,10-14,17,28H,6-9H2,1-3H3/i2D3,3D3. The molecule has 4 aromatic rings. The number of H-pyrrole nitrogens is 1. The average Bonchev–Trinajstić information content (AvgIpc) is 3.22. The van der Waals surface area contributed by atoms with Crippen LogP contribution in [0.2, 0.25) is 0 Å². The molecule has 0 atom stereocenters. The highest BCUT2D eigenvalue weighted by Gasteiger charge is 2.26. The molecule has 3 heterocycles. The maximum absolute atomic E-state index is 13.8. The number of nitrogens with one attached hydrogen (secondary N) is 1. The van der Waals surface area contributed by atoms with E-state index < -0.39 is 43.2 Å². The fraction of sp³-hybridized carbons (Fsp3) is 0.308. The van der Waals surface area contributed by atoms with E-state index >= 15 is 0 Å². The summed E-state index contributed by atoms with van der Waals surface area (Å²) in [7, 11) is -5.97. The van der Waals surface area contributed by atoms with Gasteiger partial charge in [-0.3, -0.25) is 14.2 Å². The summed E-state index contributed by atoms with van der Waals surface area (Å²) < 4.78 is 70.2. The molecule has 0 radical (unpaired) electrons. The number of hydrogen-bond acceptors (Lipinski definition) is 4. The third-order valence-electron chi connectivity index (χ3n) is 6.26. The predicted octanol–water partition coefficient (Wildman–Crippen LogP) is 4.37. The van der Waals surface area contributed by atoms with Crippen molar-refractivity contribution in [3.63, 3.8) is 0 Å². The number of alkyl halides is 1. The number of likely N-dealkylation sites (tertiary alicyclic amines) is 1. The topological polar surface area (TPSA) is 76.6 Å². The lowest BCUT2D eigenvalue weighted by Gasteiger charge is -2.29. The highest BCUT2D eigenvalue weighted by atomic mass is 19.1. The van der Waals surface area contributed by atoms with E-state index in [-0.39, 0.29) is 42.3 Å². The Morgan fingerprint density at radius 2 is 1.79 bits per heavy atom. The van der Waals surface area contributed by atoms with Gasteiger partial charge in [-0.05, 0) is 55.5 Å². The lowest BCUT2D eigenvalue weighted by atomic mass is 10.0. The van der Waals surface area contributed by atoms with E-state index in [0.717, 1.165) is 28.7 Å². The molecule has 1 aliphatic heterocycles. The van der Waals surface area contributed by atoms with Crippen molar-refractivity contribution in [2.24, 2.45) is 0 Å². The van der Waals surface area contributed by atoms with E-state index in [1.54, 1.807) is 12.1 Å². The number of benzene rings is 2. The third kappa shape index (κ3) is 3.69. The normalized spacial score (nSPS) is 18.0. The summed E-state index contributed by atoms with van der Waals surface area (Å²) in [6.07, 6.45) is 0.658. The number of amides is 1. The number of halogens is 1. The Labute approximate surface area is 204 Å². The average molecular weight is 470 g/mol. The van der Waals surface area contributed by atoms with Gasteiger partial charge in [0.1, 0.15) is 6.17 Å². The van der Waals surface area contributed by atoms with E-state index in [2.05, 4.69) is 4.98 Å². The quantitative estimate of drug-likeness (QED) is 0.482. The van der Waals surface area contributed by atoms with Crippen molar-refractivity contribution >= 4 is 27.6 Å². The highest BCUT2D eigenvalue weighted by molar-refractivity contribution is 6.07. The van der Waals surface area contributed by atoms with Crippen molar-refractivity contribution in [2.45, 2.75) is 25.9 Å². The Hall–Kier alpha value is -3.81. The Morgan fingerprint density at radius 1 is 1.09 bits per heavy atom. The second kappa shape index (κ2) is 8.52. The fourth-order valence-corrected chi connectivity index (χ4v) is 4.50. The number of ether oxygens (including phenoxy) is 2. The smallest absolute Gasteiger partial charge is 0.263 e. The van der Waals surface area contributed by atoms with Crippen LogP contribution in [0, 0.1) is 6.92 Å². The van der Waals surface area contributed by atoms with Gasteiger partial charge in [-0.1, -0.05) is 6.07 Å². The molecule has 2 aromatic carbocycles. The zero-order chi connectivity index (χ0) is 29.0. The van der Waals surface area contributed by atoms with Gasteiger partial charge in [0.25, 0.3) is 11.5 Å². The second-order valence-corrected chi connectivity index (χ2v) is 8.46. The van der Waals surface area contributed by atoms with Gasteiger partial charge in [-0.2, -0.15) is 0 Å². The van der Waals surface area contributed by atoms with Crippen LogP contribution in [0.1, 0.15) is 37.1 Å². The zero-order valence-electron chi connectivity index (χ0n) is 24.4. The van der Waals surface area contributed by atoms with Crippen LogP contribution in [-0.2, 0) is 0 Å². The molecule has 1 saturated heterocycles. The molecule has 34 heavy (non-hydrogen) atoms. The summed E-state index contributed by atoms with van der Waals surface area (Å²) in [6, 6.07) is 9.40. The third-order valence-corrected chi connectivity index (χ3v) is 6.26. The summed E-state index contributed by atoms with van der Waals surface area (Å²) in [6.45, 7) is 2.21. The molecule has 1 N–H and O–H groups in total. The maximum Gasteiger partial charge on any atom is 0.263 e. The molecular weight excluding hydrogens is 437 g/mol. The van der Waals surface area contributed by atoms with Crippen molar-refractivity contribution < 1.29 is 26.9 Å². The molecule has 0 saturated carbocycles. The van der Waals surface area contributed by atoms with Crippen LogP contribution in [0.15, 0.2) is 47.4 Å². The van der Waals surface area contributed by atoms with E-state index in [4.69, 9.17) is 17.7 Å². The van der Waals surface area contributed by atoms with Crippen LogP contribution in [0.5, 0.6) is 11.5 Å². The molecule has 0 bridgehead atoms. The minimum Gasteiger partial charge on any atom is -0.493 e. The van der Waals surface area contributed by atoms with Gasteiger partial charge in [0.05, 0.1) is 38.9 Å². The van der Waals surface area contributed by atoms with Gasteiger partial charge in [-0.15, -0.1) is 0 Å². The molecule has 5 rings (SSSR count). The SMILES string of the molecule is [2H]C([2H])([2H])Oc1cc2c(C(=O)N3CCC(F)CC3)cn(-c3ccc4cc(C)[nH]c4c3)c(=O)c2cc1OC([2H])([2H])[2H]. The van der Waals surface area contributed by atoms with Gasteiger partial charge in [0.2, 0.25) is 0 Å². The van der Waals surface area contributed by atoms with Crippen molar-refractivity contribution in [1.29, 1.82) is 0 Å².